The molecule has 2 saturated carbocycles. The number of nitrogens with zero attached hydrogens (tertiary/aromatic N) is 6. The van der Waals surface area contributed by atoms with Crippen LogP contribution in [0.25, 0.3) is 11.0 Å². The standard InChI is InChI=1S/C22H26N6O2/c29-20-8-16-10-26(9-15(16)7-19(20)28-13-23-12-24-28)21(30)11-27-18-4-2-1-3-17(18)25-22(27)14-5-6-14/h1-4,12-16,19-20,29H,5-11H2/t15-,16+,19-,20-/m1/s1. The van der Waals surface area contributed by atoms with Gasteiger partial charge in [0.25, 0.3) is 0 Å². The number of benzene rings is 1. The van der Waals surface area contributed by atoms with Crippen molar-refractivity contribution in [3.05, 3.63) is 42.7 Å². The highest BCUT2D eigenvalue weighted by Gasteiger charge is 2.44. The molecule has 1 amide bonds. The van der Waals surface area contributed by atoms with E-state index in [1.807, 2.05) is 23.1 Å². The van der Waals surface area contributed by atoms with Gasteiger partial charge < -0.3 is 14.6 Å². The lowest BCUT2D eigenvalue weighted by molar-refractivity contribution is -0.131. The highest BCUT2D eigenvalue weighted by molar-refractivity contribution is 5.81. The molecule has 2 aromatic heterocycles. The van der Waals surface area contributed by atoms with Gasteiger partial charge in [-0.15, -0.1) is 0 Å². The van der Waals surface area contributed by atoms with Gasteiger partial charge in [0.05, 0.1) is 23.2 Å². The SMILES string of the molecule is O=C(Cn1c(C2CC2)nc2ccccc21)N1C[C@H]2C[C@@H](n3cncn3)[C@H](O)C[C@H]2C1. The first-order chi connectivity index (χ1) is 14.7. The van der Waals surface area contributed by atoms with E-state index in [1.54, 1.807) is 11.0 Å². The van der Waals surface area contributed by atoms with Gasteiger partial charge in [0.15, 0.2) is 0 Å². The summed E-state index contributed by atoms with van der Waals surface area (Å²) in [7, 11) is 0. The maximum absolute atomic E-state index is 13.3. The largest absolute Gasteiger partial charge is 0.391 e. The number of fused-ring (bicyclic) bond motifs is 2. The van der Waals surface area contributed by atoms with E-state index in [0.717, 1.165) is 49.2 Å². The van der Waals surface area contributed by atoms with Crippen molar-refractivity contribution in [2.45, 2.75) is 50.3 Å². The number of rotatable bonds is 4. The highest BCUT2D eigenvalue weighted by atomic mass is 16.3. The fourth-order valence-corrected chi connectivity index (χ4v) is 5.43. The average Bonchev–Trinajstić information content (AvgIpc) is 3.14. The number of likely N-dealkylation sites (tertiary alicyclic amines) is 1. The van der Waals surface area contributed by atoms with E-state index in [-0.39, 0.29) is 11.9 Å². The van der Waals surface area contributed by atoms with Crippen molar-refractivity contribution in [2.24, 2.45) is 11.8 Å². The van der Waals surface area contributed by atoms with E-state index in [4.69, 9.17) is 4.98 Å². The summed E-state index contributed by atoms with van der Waals surface area (Å²) >= 11 is 0. The van der Waals surface area contributed by atoms with E-state index >= 15 is 0 Å². The Hall–Kier alpha value is -2.74. The van der Waals surface area contributed by atoms with Gasteiger partial charge in [-0.2, -0.15) is 5.10 Å². The molecule has 30 heavy (non-hydrogen) atoms. The summed E-state index contributed by atoms with van der Waals surface area (Å²) in [6.07, 6.45) is 6.61. The van der Waals surface area contributed by atoms with Gasteiger partial charge in [0, 0.05) is 19.0 Å². The summed E-state index contributed by atoms with van der Waals surface area (Å²) in [4.78, 5) is 24.1. The molecule has 3 fully saturated rings. The number of carbonyl (C=O) groups excluding carboxylic acids is 1. The summed E-state index contributed by atoms with van der Waals surface area (Å²) in [5.74, 6) is 2.45. The van der Waals surface area contributed by atoms with Gasteiger partial charge in [-0.1, -0.05) is 12.1 Å². The lowest BCUT2D eigenvalue weighted by Crippen LogP contribution is -2.36. The van der Waals surface area contributed by atoms with Crippen molar-refractivity contribution in [3.8, 4) is 0 Å². The fourth-order valence-electron chi connectivity index (χ4n) is 5.43. The summed E-state index contributed by atoms with van der Waals surface area (Å²) in [5, 5.41) is 14.9. The monoisotopic (exact) mass is 406 g/mol. The topological polar surface area (TPSA) is 89.1 Å². The Labute approximate surface area is 174 Å². The molecule has 3 aliphatic rings. The molecular formula is C22H26N6O2. The molecule has 1 aromatic carbocycles. The molecule has 0 unspecified atom stereocenters. The van der Waals surface area contributed by atoms with Gasteiger partial charge in [0.1, 0.15) is 25.0 Å². The molecule has 3 heterocycles. The maximum atomic E-state index is 13.3. The first kappa shape index (κ1) is 18.1. The number of aromatic nitrogens is 5. The third-order valence-electron chi connectivity index (χ3n) is 7.16. The zero-order valence-electron chi connectivity index (χ0n) is 16.8. The van der Waals surface area contributed by atoms with Crippen LogP contribution in [0, 0.1) is 11.8 Å². The van der Waals surface area contributed by atoms with Crippen molar-refractivity contribution in [2.75, 3.05) is 13.1 Å². The molecule has 156 valence electrons. The lowest BCUT2D eigenvalue weighted by Gasteiger charge is -2.34. The Bertz CT molecular complexity index is 1070. The smallest absolute Gasteiger partial charge is 0.242 e. The van der Waals surface area contributed by atoms with E-state index in [0.29, 0.717) is 30.7 Å². The van der Waals surface area contributed by atoms with Crippen molar-refractivity contribution in [1.29, 1.82) is 0 Å². The predicted molar refractivity (Wildman–Crippen MR) is 110 cm³/mol. The minimum atomic E-state index is -0.443. The van der Waals surface area contributed by atoms with Crippen LogP contribution in [0.2, 0.25) is 0 Å². The van der Waals surface area contributed by atoms with E-state index in [2.05, 4.69) is 20.7 Å². The van der Waals surface area contributed by atoms with Gasteiger partial charge >= 0.3 is 0 Å². The summed E-state index contributed by atoms with van der Waals surface area (Å²) in [6.45, 7) is 1.84. The molecule has 0 spiro atoms. The Morgan fingerprint density at radius 3 is 2.70 bits per heavy atom. The molecular weight excluding hydrogens is 380 g/mol. The van der Waals surface area contributed by atoms with Crippen LogP contribution in [0.15, 0.2) is 36.9 Å². The molecule has 8 nitrogen and oxygen atoms in total. The van der Waals surface area contributed by atoms with Crippen LogP contribution in [-0.4, -0.2) is 59.4 Å². The second kappa shape index (κ2) is 6.91. The Kier molecular flexibility index (Phi) is 4.16. The summed E-state index contributed by atoms with van der Waals surface area (Å²) < 4.78 is 3.90. The van der Waals surface area contributed by atoms with Crippen molar-refractivity contribution < 1.29 is 9.90 Å². The molecule has 1 N–H and O–H groups in total. The number of aliphatic hydroxyl groups is 1. The zero-order valence-corrected chi connectivity index (χ0v) is 16.8. The summed E-state index contributed by atoms with van der Waals surface area (Å²) in [5.41, 5.74) is 2.02. The lowest BCUT2D eigenvalue weighted by atomic mass is 9.77. The van der Waals surface area contributed by atoms with Crippen LogP contribution in [0.4, 0.5) is 0 Å². The number of para-hydroxylation sites is 2. The van der Waals surface area contributed by atoms with Crippen LogP contribution in [0.3, 0.4) is 0 Å². The van der Waals surface area contributed by atoms with Crippen LogP contribution >= 0.6 is 0 Å². The average molecular weight is 406 g/mol. The number of hydrogen-bond donors (Lipinski definition) is 1. The maximum Gasteiger partial charge on any atom is 0.242 e. The second-order valence-corrected chi connectivity index (χ2v) is 9.12. The molecule has 1 aliphatic heterocycles. The summed E-state index contributed by atoms with van der Waals surface area (Å²) in [6, 6.07) is 8.04. The van der Waals surface area contributed by atoms with Crippen molar-refractivity contribution >= 4 is 16.9 Å². The quantitative estimate of drug-likeness (QED) is 0.716. The van der Waals surface area contributed by atoms with Gasteiger partial charge in [-0.3, -0.25) is 4.79 Å². The molecule has 0 bridgehead atoms. The first-order valence-electron chi connectivity index (χ1n) is 10.9. The van der Waals surface area contributed by atoms with Crippen LogP contribution < -0.4 is 0 Å². The van der Waals surface area contributed by atoms with Crippen molar-refractivity contribution in [1.82, 2.24) is 29.2 Å². The number of amides is 1. The van der Waals surface area contributed by atoms with Gasteiger partial charge in [-0.05, 0) is 49.7 Å². The molecule has 3 aromatic rings. The molecule has 4 atom stereocenters. The molecule has 2 aliphatic carbocycles. The fraction of sp³-hybridized carbons (Fsp3) is 0.545. The molecule has 1 saturated heterocycles. The van der Waals surface area contributed by atoms with E-state index < -0.39 is 6.10 Å². The number of aliphatic hydroxyl groups excluding tert-OH is 1. The molecule has 6 rings (SSSR count). The minimum Gasteiger partial charge on any atom is -0.391 e. The van der Waals surface area contributed by atoms with E-state index in [1.165, 1.54) is 6.33 Å². The van der Waals surface area contributed by atoms with Crippen molar-refractivity contribution in [3.63, 3.8) is 0 Å². The van der Waals surface area contributed by atoms with E-state index in [9.17, 15) is 9.90 Å². The van der Waals surface area contributed by atoms with Crippen LogP contribution in [0.1, 0.15) is 43.5 Å². The Balaban J connectivity index is 1.20. The highest BCUT2D eigenvalue weighted by Crippen LogP contribution is 2.42. The first-order valence-corrected chi connectivity index (χ1v) is 10.9. The second-order valence-electron chi connectivity index (χ2n) is 9.12. The minimum absolute atomic E-state index is 0.0529. The Morgan fingerprint density at radius 2 is 1.93 bits per heavy atom. The molecule has 0 radical (unpaired) electrons. The van der Waals surface area contributed by atoms with Crippen LogP contribution in [0.5, 0.6) is 0 Å². The number of carbonyl (C=O) groups is 1. The predicted octanol–water partition coefficient (Wildman–Crippen LogP) is 1.98. The van der Waals surface area contributed by atoms with Gasteiger partial charge in [-0.25, -0.2) is 14.6 Å². The van der Waals surface area contributed by atoms with Gasteiger partial charge in [0.2, 0.25) is 5.91 Å². The number of hydrogen-bond acceptors (Lipinski definition) is 5. The van der Waals surface area contributed by atoms with Crippen LogP contribution in [-0.2, 0) is 11.3 Å². The Morgan fingerprint density at radius 1 is 1.13 bits per heavy atom. The zero-order chi connectivity index (χ0) is 20.2. The molecule has 8 heteroatoms. The third-order valence-corrected chi connectivity index (χ3v) is 7.16. The third kappa shape index (κ3) is 3.01. The normalized spacial score (nSPS) is 28.8. The number of imidazole rings is 1.